The molecule has 1 saturated heterocycles. The predicted octanol–water partition coefficient (Wildman–Crippen LogP) is 1.90. The number of rotatable bonds is 1. The van der Waals surface area contributed by atoms with Gasteiger partial charge < -0.3 is 4.90 Å². The van der Waals surface area contributed by atoms with Gasteiger partial charge in [0.2, 0.25) is 5.91 Å². The van der Waals surface area contributed by atoms with Crippen LogP contribution in [0.1, 0.15) is 17.5 Å². The Balaban J connectivity index is 2.32. The molecule has 82 valence electrons. The van der Waals surface area contributed by atoms with Crippen LogP contribution in [-0.4, -0.2) is 17.7 Å². The number of hydrogen-bond donors (Lipinski definition) is 1. The van der Waals surface area contributed by atoms with Gasteiger partial charge in [0.25, 0.3) is 0 Å². The number of carbonyl (C=O) groups is 1. The summed E-state index contributed by atoms with van der Waals surface area (Å²) in [5.74, 6) is 0.101. The van der Waals surface area contributed by atoms with E-state index in [-0.39, 0.29) is 11.2 Å². The highest BCUT2D eigenvalue weighted by molar-refractivity contribution is 7.81. The second-order valence-corrected chi connectivity index (χ2v) is 4.70. The highest BCUT2D eigenvalue weighted by Gasteiger charge is 2.28. The molecule has 3 nitrogen and oxygen atoms in total. The number of anilines is 1. The molecule has 2 rings (SSSR count). The third-order valence-corrected chi connectivity index (χ3v) is 3.09. The van der Waals surface area contributed by atoms with Crippen LogP contribution in [0.2, 0.25) is 0 Å². The number of nitrogens with zero attached hydrogens (tertiary/aromatic N) is 2. The lowest BCUT2D eigenvalue weighted by Gasteiger charge is -2.16. The minimum atomic E-state index is 0.101. The average molecular weight is 232 g/mol. The number of nitriles is 1. The van der Waals surface area contributed by atoms with E-state index in [1.807, 2.05) is 19.1 Å². The molecule has 1 unspecified atom stereocenters. The van der Waals surface area contributed by atoms with Crippen LogP contribution in [0, 0.1) is 18.3 Å². The number of benzene rings is 1. The van der Waals surface area contributed by atoms with Gasteiger partial charge in [-0.2, -0.15) is 17.9 Å². The first-order chi connectivity index (χ1) is 7.61. The Morgan fingerprint density at radius 1 is 1.56 bits per heavy atom. The Kier molecular flexibility index (Phi) is 2.88. The van der Waals surface area contributed by atoms with Crippen LogP contribution in [0.25, 0.3) is 0 Å². The van der Waals surface area contributed by atoms with Crippen molar-refractivity contribution >= 4 is 24.2 Å². The van der Waals surface area contributed by atoms with Gasteiger partial charge in [-0.05, 0) is 30.7 Å². The maximum atomic E-state index is 11.7. The van der Waals surface area contributed by atoms with Crippen LogP contribution < -0.4 is 4.90 Å². The van der Waals surface area contributed by atoms with Crippen molar-refractivity contribution in [3.8, 4) is 6.07 Å². The van der Waals surface area contributed by atoms with E-state index in [1.165, 1.54) is 0 Å². The molecule has 1 aromatic rings. The van der Waals surface area contributed by atoms with Crippen molar-refractivity contribution in [3.05, 3.63) is 29.3 Å². The quantitative estimate of drug-likeness (QED) is 0.752. The molecular weight excluding hydrogens is 220 g/mol. The average Bonchev–Trinajstić information content (AvgIpc) is 2.58. The highest BCUT2D eigenvalue weighted by atomic mass is 32.1. The molecule has 1 heterocycles. The molecule has 0 N–H and O–H groups in total. The van der Waals surface area contributed by atoms with Crippen molar-refractivity contribution in [2.24, 2.45) is 0 Å². The van der Waals surface area contributed by atoms with Crippen LogP contribution in [0.5, 0.6) is 0 Å². The lowest BCUT2D eigenvalue weighted by Crippen LogP contribution is -2.24. The molecule has 1 aliphatic rings. The zero-order valence-electron chi connectivity index (χ0n) is 8.97. The molecule has 0 saturated carbocycles. The molecule has 1 aliphatic heterocycles. The summed E-state index contributed by atoms with van der Waals surface area (Å²) in [6.45, 7) is 2.52. The van der Waals surface area contributed by atoms with E-state index in [0.29, 0.717) is 18.5 Å². The summed E-state index contributed by atoms with van der Waals surface area (Å²) in [7, 11) is 0. The van der Waals surface area contributed by atoms with E-state index in [2.05, 4.69) is 18.7 Å². The Morgan fingerprint density at radius 3 is 2.81 bits per heavy atom. The Morgan fingerprint density at radius 2 is 2.31 bits per heavy atom. The van der Waals surface area contributed by atoms with E-state index in [1.54, 1.807) is 11.0 Å². The van der Waals surface area contributed by atoms with Crippen molar-refractivity contribution in [2.75, 3.05) is 11.4 Å². The van der Waals surface area contributed by atoms with Gasteiger partial charge in [-0.1, -0.05) is 0 Å². The maximum absolute atomic E-state index is 11.7. The van der Waals surface area contributed by atoms with Crippen LogP contribution >= 0.6 is 12.6 Å². The smallest absolute Gasteiger partial charge is 0.228 e. The minimum Gasteiger partial charge on any atom is -0.311 e. The SMILES string of the molecule is Cc1cc(N2CC(S)CC2=O)ccc1C#N. The Labute approximate surface area is 100 Å². The lowest BCUT2D eigenvalue weighted by molar-refractivity contribution is -0.117. The van der Waals surface area contributed by atoms with Crippen LogP contribution in [0.3, 0.4) is 0 Å². The molecule has 1 aromatic carbocycles. The predicted molar refractivity (Wildman–Crippen MR) is 65.6 cm³/mol. The van der Waals surface area contributed by atoms with Gasteiger partial charge in [-0.25, -0.2) is 0 Å². The van der Waals surface area contributed by atoms with E-state index < -0.39 is 0 Å². The first-order valence-electron chi connectivity index (χ1n) is 5.11. The van der Waals surface area contributed by atoms with Gasteiger partial charge in [-0.15, -0.1) is 0 Å². The summed E-state index contributed by atoms with van der Waals surface area (Å²) < 4.78 is 0. The van der Waals surface area contributed by atoms with Crippen molar-refractivity contribution in [3.63, 3.8) is 0 Å². The van der Waals surface area contributed by atoms with Crippen LogP contribution in [0.4, 0.5) is 5.69 Å². The third-order valence-electron chi connectivity index (χ3n) is 2.75. The van der Waals surface area contributed by atoms with Crippen molar-refractivity contribution in [2.45, 2.75) is 18.6 Å². The van der Waals surface area contributed by atoms with Gasteiger partial charge in [0.1, 0.15) is 0 Å². The van der Waals surface area contributed by atoms with Crippen molar-refractivity contribution in [1.82, 2.24) is 0 Å². The molecule has 0 bridgehead atoms. The summed E-state index contributed by atoms with van der Waals surface area (Å²) in [6, 6.07) is 7.56. The largest absolute Gasteiger partial charge is 0.311 e. The lowest BCUT2D eigenvalue weighted by atomic mass is 10.1. The van der Waals surface area contributed by atoms with E-state index >= 15 is 0 Å². The standard InChI is InChI=1S/C12H12N2OS/c1-8-4-10(3-2-9(8)6-13)14-7-11(16)5-12(14)15/h2-4,11,16H,5,7H2,1H3. The second kappa shape index (κ2) is 4.18. The molecule has 1 amide bonds. The van der Waals surface area contributed by atoms with Gasteiger partial charge >= 0.3 is 0 Å². The maximum Gasteiger partial charge on any atom is 0.228 e. The molecule has 0 aliphatic carbocycles. The van der Waals surface area contributed by atoms with Gasteiger partial charge in [-0.3, -0.25) is 4.79 Å². The summed E-state index contributed by atoms with van der Waals surface area (Å²) in [5.41, 5.74) is 2.41. The second-order valence-electron chi connectivity index (χ2n) is 3.97. The van der Waals surface area contributed by atoms with Gasteiger partial charge in [0.05, 0.1) is 11.6 Å². The van der Waals surface area contributed by atoms with Gasteiger partial charge in [0, 0.05) is 23.9 Å². The fourth-order valence-electron chi connectivity index (χ4n) is 1.88. The van der Waals surface area contributed by atoms with Gasteiger partial charge in [0.15, 0.2) is 0 Å². The zero-order valence-corrected chi connectivity index (χ0v) is 9.87. The molecule has 0 spiro atoms. The molecule has 1 fully saturated rings. The van der Waals surface area contributed by atoms with Crippen molar-refractivity contribution in [1.29, 1.82) is 5.26 Å². The van der Waals surface area contributed by atoms with E-state index in [4.69, 9.17) is 5.26 Å². The van der Waals surface area contributed by atoms with E-state index in [9.17, 15) is 4.79 Å². The Hall–Kier alpha value is -1.47. The minimum absolute atomic E-state index is 0.101. The van der Waals surface area contributed by atoms with Crippen LogP contribution in [-0.2, 0) is 4.79 Å². The molecule has 16 heavy (non-hydrogen) atoms. The normalized spacial score (nSPS) is 19.9. The number of amides is 1. The van der Waals surface area contributed by atoms with Crippen molar-refractivity contribution < 1.29 is 4.79 Å². The summed E-state index contributed by atoms with van der Waals surface area (Å²) in [6.07, 6.45) is 0.488. The number of carbonyl (C=O) groups excluding carboxylic acids is 1. The number of thiol groups is 1. The van der Waals surface area contributed by atoms with Crippen LogP contribution in [0.15, 0.2) is 18.2 Å². The first kappa shape index (κ1) is 11.0. The summed E-state index contributed by atoms with van der Waals surface area (Å²) in [5, 5.41) is 8.94. The fraction of sp³-hybridized carbons (Fsp3) is 0.333. The topological polar surface area (TPSA) is 44.1 Å². The third kappa shape index (κ3) is 1.91. The first-order valence-corrected chi connectivity index (χ1v) is 5.62. The summed E-state index contributed by atoms with van der Waals surface area (Å²) in [4.78, 5) is 13.4. The van der Waals surface area contributed by atoms with E-state index in [0.717, 1.165) is 11.3 Å². The monoisotopic (exact) mass is 232 g/mol. The zero-order chi connectivity index (χ0) is 11.7. The Bertz CT molecular complexity index is 478. The number of aryl methyl sites for hydroxylation is 1. The molecule has 0 radical (unpaired) electrons. The molecular formula is C12H12N2OS. The fourth-order valence-corrected chi connectivity index (χ4v) is 2.20. The molecule has 0 aromatic heterocycles. The molecule has 4 heteroatoms. The highest BCUT2D eigenvalue weighted by Crippen LogP contribution is 2.25. The molecule has 1 atom stereocenters. The summed E-state index contributed by atoms with van der Waals surface area (Å²) >= 11 is 4.31. The number of hydrogen-bond acceptors (Lipinski definition) is 3.